The van der Waals surface area contributed by atoms with E-state index < -0.39 is 28.5 Å². The summed E-state index contributed by atoms with van der Waals surface area (Å²) in [5, 5.41) is 2.75. The van der Waals surface area contributed by atoms with Gasteiger partial charge in [0.15, 0.2) is 0 Å². The van der Waals surface area contributed by atoms with E-state index >= 15 is 0 Å². The molecule has 3 aromatic rings. The van der Waals surface area contributed by atoms with Crippen LogP contribution >= 0.6 is 0 Å². The number of likely N-dealkylation sites (N-methyl/N-ethyl adjacent to an activating group) is 1. The minimum Gasteiger partial charge on any atom is -0.492 e. The molecule has 0 aliphatic rings. The highest BCUT2D eigenvalue weighted by Gasteiger charge is 2.33. The summed E-state index contributed by atoms with van der Waals surface area (Å²) in [6.45, 7) is 7.46. The third kappa shape index (κ3) is 6.92. The molecule has 0 fully saturated rings. The van der Waals surface area contributed by atoms with Crippen molar-refractivity contribution in [1.29, 1.82) is 0 Å². The van der Waals surface area contributed by atoms with Crippen LogP contribution in [0.4, 0.5) is 5.69 Å². The minimum atomic E-state index is -4.16. The van der Waals surface area contributed by atoms with E-state index in [0.29, 0.717) is 18.9 Å². The molecule has 0 unspecified atom stereocenters. The van der Waals surface area contributed by atoms with E-state index in [9.17, 15) is 18.0 Å². The van der Waals surface area contributed by atoms with Crippen LogP contribution in [0.25, 0.3) is 0 Å². The smallest absolute Gasteiger partial charge is 0.264 e. The fraction of sp³-hybridized carbons (Fsp3) is 0.310. The first kappa shape index (κ1) is 28.7. The molecule has 2 amide bonds. The van der Waals surface area contributed by atoms with Crippen molar-refractivity contribution in [3.05, 3.63) is 90.0 Å². The summed E-state index contributed by atoms with van der Waals surface area (Å²) in [5.41, 5.74) is 1.97. The van der Waals surface area contributed by atoms with Gasteiger partial charge in [-0.15, -0.1) is 0 Å². The van der Waals surface area contributed by atoms with E-state index in [-0.39, 0.29) is 23.0 Å². The molecule has 0 heterocycles. The Morgan fingerprint density at radius 2 is 1.55 bits per heavy atom. The van der Waals surface area contributed by atoms with Crippen molar-refractivity contribution in [3.63, 3.8) is 0 Å². The van der Waals surface area contributed by atoms with Crippen molar-refractivity contribution in [2.45, 2.75) is 45.2 Å². The van der Waals surface area contributed by atoms with Gasteiger partial charge in [0, 0.05) is 13.1 Å². The van der Waals surface area contributed by atoms with Crippen molar-refractivity contribution in [2.75, 3.05) is 24.0 Å². The molecule has 0 aromatic heterocycles. The van der Waals surface area contributed by atoms with Gasteiger partial charge in [0.1, 0.15) is 18.3 Å². The maximum Gasteiger partial charge on any atom is 0.264 e. The van der Waals surface area contributed by atoms with Crippen LogP contribution in [0.2, 0.25) is 0 Å². The molecule has 0 aliphatic heterocycles. The highest BCUT2D eigenvalue weighted by Crippen LogP contribution is 2.33. The lowest BCUT2D eigenvalue weighted by Gasteiger charge is -2.32. The van der Waals surface area contributed by atoms with Gasteiger partial charge >= 0.3 is 0 Å². The minimum absolute atomic E-state index is 0.0496. The van der Waals surface area contributed by atoms with Crippen LogP contribution < -0.4 is 14.4 Å². The number of ether oxygens (including phenoxy) is 1. The van der Waals surface area contributed by atoms with Crippen LogP contribution in [0.15, 0.2) is 83.8 Å². The van der Waals surface area contributed by atoms with Crippen LogP contribution in [0, 0.1) is 6.92 Å². The molecule has 1 N–H and O–H groups in total. The number of benzene rings is 3. The number of para-hydroxylation sites is 2. The van der Waals surface area contributed by atoms with Gasteiger partial charge in [-0.05, 0) is 57.5 Å². The first-order valence-corrected chi connectivity index (χ1v) is 14.0. The summed E-state index contributed by atoms with van der Waals surface area (Å²) >= 11 is 0. The van der Waals surface area contributed by atoms with Crippen LogP contribution in [0.5, 0.6) is 5.75 Å². The molecule has 8 nitrogen and oxygen atoms in total. The van der Waals surface area contributed by atoms with E-state index in [2.05, 4.69) is 5.32 Å². The van der Waals surface area contributed by atoms with Crippen LogP contribution in [-0.4, -0.2) is 50.9 Å². The number of amides is 2. The lowest BCUT2D eigenvalue weighted by Crippen LogP contribution is -2.51. The zero-order valence-electron chi connectivity index (χ0n) is 22.3. The fourth-order valence-electron chi connectivity index (χ4n) is 3.98. The molecular weight excluding hydrogens is 502 g/mol. The lowest BCUT2D eigenvalue weighted by atomic mass is 10.1. The highest BCUT2D eigenvalue weighted by molar-refractivity contribution is 7.92. The normalized spacial score (nSPS) is 11.9. The Bertz CT molecular complexity index is 1330. The number of hydrogen-bond donors (Lipinski definition) is 1. The zero-order valence-corrected chi connectivity index (χ0v) is 23.1. The molecule has 9 heteroatoms. The largest absolute Gasteiger partial charge is 0.492 e. The lowest BCUT2D eigenvalue weighted by molar-refractivity contribution is -0.139. The summed E-state index contributed by atoms with van der Waals surface area (Å²) in [6, 6.07) is 21.6. The maximum absolute atomic E-state index is 13.9. The number of aryl methyl sites for hydroxylation is 1. The van der Waals surface area contributed by atoms with Crippen molar-refractivity contribution in [2.24, 2.45) is 0 Å². The second-order valence-electron chi connectivity index (χ2n) is 8.80. The van der Waals surface area contributed by atoms with E-state index in [4.69, 9.17) is 4.74 Å². The quantitative estimate of drug-likeness (QED) is 0.375. The van der Waals surface area contributed by atoms with Gasteiger partial charge in [0.2, 0.25) is 11.8 Å². The third-order valence-corrected chi connectivity index (χ3v) is 7.81. The molecular formula is C29H35N3O5S. The van der Waals surface area contributed by atoms with Crippen molar-refractivity contribution in [3.8, 4) is 5.75 Å². The molecule has 38 heavy (non-hydrogen) atoms. The Balaban J connectivity index is 2.07. The average molecular weight is 538 g/mol. The summed E-state index contributed by atoms with van der Waals surface area (Å²) in [6.07, 6.45) is 0. The summed E-state index contributed by atoms with van der Waals surface area (Å²) < 4.78 is 34.7. The van der Waals surface area contributed by atoms with Gasteiger partial charge in [0.05, 0.1) is 17.2 Å². The topological polar surface area (TPSA) is 96.0 Å². The monoisotopic (exact) mass is 537 g/mol. The third-order valence-electron chi connectivity index (χ3n) is 6.04. The Hall–Kier alpha value is -3.85. The second-order valence-corrected chi connectivity index (χ2v) is 10.7. The van der Waals surface area contributed by atoms with Gasteiger partial charge in [0.25, 0.3) is 10.0 Å². The van der Waals surface area contributed by atoms with Gasteiger partial charge in [-0.2, -0.15) is 0 Å². The van der Waals surface area contributed by atoms with Gasteiger partial charge in [-0.3, -0.25) is 13.9 Å². The van der Waals surface area contributed by atoms with E-state index in [1.807, 2.05) is 37.3 Å². The molecule has 0 saturated carbocycles. The molecule has 0 spiro atoms. The molecule has 0 radical (unpaired) electrons. The molecule has 0 aliphatic carbocycles. The SMILES string of the molecule is CCNC(=O)[C@H](C)N(Cc1ccccc1)C(=O)CN(c1ccccc1OCC)S(=O)(=O)c1ccc(C)cc1. The summed E-state index contributed by atoms with van der Waals surface area (Å²) in [5.74, 6) is -0.501. The number of nitrogens with zero attached hydrogens (tertiary/aromatic N) is 2. The van der Waals surface area contributed by atoms with Crippen LogP contribution in [0.1, 0.15) is 31.9 Å². The second kappa shape index (κ2) is 13.1. The molecule has 3 aromatic carbocycles. The number of carbonyl (C=O) groups excluding carboxylic acids is 2. The highest BCUT2D eigenvalue weighted by atomic mass is 32.2. The summed E-state index contributed by atoms with van der Waals surface area (Å²) in [4.78, 5) is 28.1. The fourth-order valence-corrected chi connectivity index (χ4v) is 5.40. The average Bonchev–Trinajstić information content (AvgIpc) is 2.91. The van der Waals surface area contributed by atoms with E-state index in [1.165, 1.54) is 17.0 Å². The first-order valence-electron chi connectivity index (χ1n) is 12.6. The Kier molecular flexibility index (Phi) is 9.90. The number of sulfonamides is 1. The molecule has 3 rings (SSSR count). The molecule has 0 saturated heterocycles. The molecule has 202 valence electrons. The number of rotatable bonds is 12. The number of hydrogen-bond acceptors (Lipinski definition) is 5. The molecule has 0 bridgehead atoms. The van der Waals surface area contributed by atoms with Gasteiger partial charge in [-0.25, -0.2) is 8.42 Å². The van der Waals surface area contributed by atoms with E-state index in [0.717, 1.165) is 15.4 Å². The summed E-state index contributed by atoms with van der Waals surface area (Å²) in [7, 11) is -4.16. The number of carbonyl (C=O) groups is 2. The first-order chi connectivity index (χ1) is 18.2. The number of anilines is 1. The Morgan fingerprint density at radius 3 is 2.18 bits per heavy atom. The maximum atomic E-state index is 13.9. The van der Waals surface area contributed by atoms with Gasteiger partial charge < -0.3 is 15.0 Å². The van der Waals surface area contributed by atoms with Crippen LogP contribution in [-0.2, 0) is 26.2 Å². The Labute approximate surface area is 225 Å². The Morgan fingerprint density at radius 1 is 0.921 bits per heavy atom. The van der Waals surface area contributed by atoms with Crippen LogP contribution in [0.3, 0.4) is 0 Å². The standard InChI is InChI=1S/C29H35N3O5S/c1-5-30-29(34)23(4)31(20-24-12-8-7-9-13-24)28(33)21-32(26-14-10-11-15-27(26)37-6-2)38(35,36)25-18-16-22(3)17-19-25/h7-19,23H,5-6,20-21H2,1-4H3,(H,30,34)/t23-/m0/s1. The molecule has 1 atom stereocenters. The van der Waals surface area contributed by atoms with Crippen molar-refractivity contribution in [1.82, 2.24) is 10.2 Å². The van der Waals surface area contributed by atoms with Crippen molar-refractivity contribution < 1.29 is 22.7 Å². The van der Waals surface area contributed by atoms with E-state index in [1.54, 1.807) is 57.2 Å². The van der Waals surface area contributed by atoms with Crippen molar-refractivity contribution >= 4 is 27.5 Å². The number of nitrogens with one attached hydrogen (secondary N) is 1. The predicted octanol–water partition coefficient (Wildman–Crippen LogP) is 4.14. The predicted molar refractivity (Wildman–Crippen MR) is 148 cm³/mol. The zero-order chi connectivity index (χ0) is 27.7. The van der Waals surface area contributed by atoms with Gasteiger partial charge in [-0.1, -0.05) is 60.2 Å².